The summed E-state index contributed by atoms with van der Waals surface area (Å²) in [5, 5.41) is 0. The van der Waals surface area contributed by atoms with Gasteiger partial charge in [0.15, 0.2) is 0 Å². The van der Waals surface area contributed by atoms with Gasteiger partial charge in [0.1, 0.15) is 11.5 Å². The van der Waals surface area contributed by atoms with Crippen molar-refractivity contribution in [3.8, 4) is 17.4 Å². The molecule has 0 aliphatic rings. The normalized spacial score (nSPS) is 11.9. The highest BCUT2D eigenvalue weighted by Gasteiger charge is 2.08. The third kappa shape index (κ3) is 3.96. The molecule has 4 nitrogen and oxygen atoms in total. The number of rotatable bonds is 6. The van der Waals surface area contributed by atoms with Gasteiger partial charge in [0.05, 0.1) is 6.61 Å². The van der Waals surface area contributed by atoms with Gasteiger partial charge >= 0.3 is 0 Å². The molecular weight excluding hydrogens is 252 g/mol. The van der Waals surface area contributed by atoms with Crippen molar-refractivity contribution in [3.63, 3.8) is 0 Å². The van der Waals surface area contributed by atoms with Crippen molar-refractivity contribution >= 4 is 0 Å². The number of hydrogen-bond donors (Lipinski definition) is 1. The maximum Gasteiger partial charge on any atom is 0.222 e. The van der Waals surface area contributed by atoms with Crippen LogP contribution >= 0.6 is 0 Å². The summed E-state index contributed by atoms with van der Waals surface area (Å²) in [5.74, 6) is 2.17. The molecule has 0 spiro atoms. The van der Waals surface area contributed by atoms with E-state index in [4.69, 9.17) is 15.2 Å². The highest BCUT2D eigenvalue weighted by molar-refractivity contribution is 5.36. The van der Waals surface area contributed by atoms with Crippen molar-refractivity contribution in [2.75, 3.05) is 6.61 Å². The Hall–Kier alpha value is -2.07. The van der Waals surface area contributed by atoms with Crippen molar-refractivity contribution in [1.82, 2.24) is 4.98 Å². The molecule has 0 amide bonds. The molecule has 0 aliphatic heterocycles. The molecule has 106 valence electrons. The van der Waals surface area contributed by atoms with Crippen LogP contribution in [0.3, 0.4) is 0 Å². The van der Waals surface area contributed by atoms with Gasteiger partial charge in [-0.25, -0.2) is 4.98 Å². The van der Waals surface area contributed by atoms with Gasteiger partial charge in [-0.2, -0.15) is 0 Å². The lowest BCUT2D eigenvalue weighted by atomic mass is 10.1. The maximum absolute atomic E-state index is 5.84. The standard InChI is InChI=1S/C16H20N2O2/c1-3-19-14-6-8-15(9-7-14)20-16-13(11-12(2)17)5-4-10-18-16/h4-10,12H,3,11,17H2,1-2H3. The minimum absolute atomic E-state index is 0.0712. The molecule has 2 rings (SSSR count). The molecule has 1 atom stereocenters. The van der Waals surface area contributed by atoms with E-state index in [-0.39, 0.29) is 6.04 Å². The van der Waals surface area contributed by atoms with Gasteiger partial charge in [0, 0.05) is 17.8 Å². The summed E-state index contributed by atoms with van der Waals surface area (Å²) in [6.07, 6.45) is 2.45. The fourth-order valence-corrected chi connectivity index (χ4v) is 1.90. The summed E-state index contributed by atoms with van der Waals surface area (Å²) in [7, 11) is 0. The van der Waals surface area contributed by atoms with Crippen LogP contribution < -0.4 is 15.2 Å². The van der Waals surface area contributed by atoms with E-state index in [0.29, 0.717) is 12.5 Å². The van der Waals surface area contributed by atoms with E-state index in [1.54, 1.807) is 6.20 Å². The van der Waals surface area contributed by atoms with Gasteiger partial charge < -0.3 is 15.2 Å². The Morgan fingerprint density at radius 1 is 1.15 bits per heavy atom. The smallest absolute Gasteiger partial charge is 0.222 e. The van der Waals surface area contributed by atoms with E-state index in [2.05, 4.69) is 4.98 Å². The average molecular weight is 272 g/mol. The van der Waals surface area contributed by atoms with Crippen LogP contribution in [0.4, 0.5) is 0 Å². The Kier molecular flexibility index (Phi) is 4.96. The molecule has 0 radical (unpaired) electrons. The molecule has 1 aromatic heterocycles. The van der Waals surface area contributed by atoms with E-state index < -0.39 is 0 Å². The first kappa shape index (κ1) is 14.3. The number of benzene rings is 1. The van der Waals surface area contributed by atoms with Crippen LogP contribution in [0.25, 0.3) is 0 Å². The van der Waals surface area contributed by atoms with Gasteiger partial charge in [-0.05, 0) is 50.6 Å². The predicted octanol–water partition coefficient (Wildman–Crippen LogP) is 3.16. The third-order valence-corrected chi connectivity index (χ3v) is 2.74. The number of ether oxygens (including phenoxy) is 2. The van der Waals surface area contributed by atoms with Crippen LogP contribution in [0.2, 0.25) is 0 Å². The Morgan fingerprint density at radius 2 is 1.85 bits per heavy atom. The molecule has 2 N–H and O–H groups in total. The van der Waals surface area contributed by atoms with Crippen LogP contribution in [-0.4, -0.2) is 17.6 Å². The quantitative estimate of drug-likeness (QED) is 0.877. The molecule has 4 heteroatoms. The molecular formula is C16H20N2O2. The molecule has 0 bridgehead atoms. The van der Waals surface area contributed by atoms with E-state index in [0.717, 1.165) is 23.5 Å². The molecule has 0 aliphatic carbocycles. The fourth-order valence-electron chi connectivity index (χ4n) is 1.90. The zero-order valence-electron chi connectivity index (χ0n) is 11.9. The summed E-state index contributed by atoms with van der Waals surface area (Å²) < 4.78 is 11.2. The highest BCUT2D eigenvalue weighted by Crippen LogP contribution is 2.25. The van der Waals surface area contributed by atoms with Crippen molar-refractivity contribution in [3.05, 3.63) is 48.2 Å². The summed E-state index contributed by atoms with van der Waals surface area (Å²) in [6.45, 7) is 4.57. The van der Waals surface area contributed by atoms with Gasteiger partial charge in [0.2, 0.25) is 5.88 Å². The maximum atomic E-state index is 5.84. The number of aromatic nitrogens is 1. The first-order valence-corrected chi connectivity index (χ1v) is 6.79. The molecule has 0 saturated carbocycles. The SMILES string of the molecule is CCOc1ccc(Oc2ncccc2CC(C)N)cc1. The van der Waals surface area contributed by atoms with Gasteiger partial charge in [0.25, 0.3) is 0 Å². The second-order valence-electron chi connectivity index (χ2n) is 4.66. The minimum Gasteiger partial charge on any atom is -0.494 e. The lowest BCUT2D eigenvalue weighted by molar-refractivity contribution is 0.339. The number of nitrogens with zero attached hydrogens (tertiary/aromatic N) is 1. The monoisotopic (exact) mass is 272 g/mol. The lowest BCUT2D eigenvalue weighted by Gasteiger charge is -2.11. The van der Waals surface area contributed by atoms with Gasteiger partial charge in [-0.1, -0.05) is 6.07 Å². The van der Waals surface area contributed by atoms with Crippen LogP contribution in [0.15, 0.2) is 42.6 Å². The van der Waals surface area contributed by atoms with Crippen LogP contribution in [0.1, 0.15) is 19.4 Å². The van der Waals surface area contributed by atoms with E-state index >= 15 is 0 Å². The lowest BCUT2D eigenvalue weighted by Crippen LogP contribution is -2.18. The Morgan fingerprint density at radius 3 is 2.50 bits per heavy atom. The third-order valence-electron chi connectivity index (χ3n) is 2.74. The molecule has 2 aromatic rings. The molecule has 20 heavy (non-hydrogen) atoms. The van der Waals surface area contributed by atoms with Gasteiger partial charge in [-0.15, -0.1) is 0 Å². The van der Waals surface area contributed by atoms with Crippen LogP contribution in [0, 0.1) is 0 Å². The first-order chi connectivity index (χ1) is 9.69. The number of nitrogens with two attached hydrogens (primary N) is 1. The van der Waals surface area contributed by atoms with Crippen molar-refractivity contribution in [1.29, 1.82) is 0 Å². The van der Waals surface area contributed by atoms with E-state index in [1.165, 1.54) is 0 Å². The predicted molar refractivity (Wildman–Crippen MR) is 79.3 cm³/mol. The summed E-state index contributed by atoms with van der Waals surface area (Å²) in [6, 6.07) is 11.5. The zero-order chi connectivity index (χ0) is 14.4. The summed E-state index contributed by atoms with van der Waals surface area (Å²) in [4.78, 5) is 4.28. The molecule has 0 fully saturated rings. The summed E-state index contributed by atoms with van der Waals surface area (Å²) in [5.41, 5.74) is 6.85. The van der Waals surface area contributed by atoms with Crippen LogP contribution in [-0.2, 0) is 6.42 Å². The largest absolute Gasteiger partial charge is 0.494 e. The van der Waals surface area contributed by atoms with Crippen LogP contribution in [0.5, 0.6) is 17.4 Å². The molecule has 0 saturated heterocycles. The number of pyridine rings is 1. The van der Waals surface area contributed by atoms with Crippen molar-refractivity contribution in [2.45, 2.75) is 26.3 Å². The topological polar surface area (TPSA) is 57.4 Å². The second kappa shape index (κ2) is 6.91. The molecule has 1 heterocycles. The first-order valence-electron chi connectivity index (χ1n) is 6.79. The van der Waals surface area contributed by atoms with Crippen molar-refractivity contribution < 1.29 is 9.47 Å². The van der Waals surface area contributed by atoms with E-state index in [1.807, 2.05) is 50.2 Å². The van der Waals surface area contributed by atoms with Crippen molar-refractivity contribution in [2.24, 2.45) is 5.73 Å². The zero-order valence-corrected chi connectivity index (χ0v) is 11.9. The molecule has 1 aromatic carbocycles. The Labute approximate surface area is 119 Å². The highest BCUT2D eigenvalue weighted by atomic mass is 16.5. The second-order valence-corrected chi connectivity index (χ2v) is 4.66. The minimum atomic E-state index is 0.0712. The Balaban J connectivity index is 2.13. The molecule has 1 unspecified atom stereocenters. The fraction of sp³-hybridized carbons (Fsp3) is 0.312. The van der Waals surface area contributed by atoms with E-state index in [9.17, 15) is 0 Å². The van der Waals surface area contributed by atoms with Gasteiger partial charge in [-0.3, -0.25) is 0 Å². The average Bonchev–Trinajstić information content (AvgIpc) is 2.43. The number of hydrogen-bond acceptors (Lipinski definition) is 4. The Bertz CT molecular complexity index is 538. The summed E-state index contributed by atoms with van der Waals surface area (Å²) >= 11 is 0.